The first kappa shape index (κ1) is 22.2. The molecule has 3 rings (SSSR count). The van der Waals surface area contributed by atoms with Gasteiger partial charge in [-0.25, -0.2) is 8.78 Å². The summed E-state index contributed by atoms with van der Waals surface area (Å²) in [6, 6.07) is 2.74. The number of nitrogens with zero attached hydrogens (tertiary/aromatic N) is 2. The zero-order valence-electron chi connectivity index (χ0n) is 17.3. The maximum atomic E-state index is 13.6. The highest BCUT2D eigenvalue weighted by atomic mass is 19.1. The Kier molecular flexibility index (Phi) is 7.39. The lowest BCUT2D eigenvalue weighted by molar-refractivity contribution is -0.142. The van der Waals surface area contributed by atoms with Gasteiger partial charge in [-0.3, -0.25) is 14.4 Å². The molecule has 0 bridgehead atoms. The molecule has 2 aliphatic rings. The first-order valence-corrected chi connectivity index (χ1v) is 10.6. The highest BCUT2D eigenvalue weighted by molar-refractivity contribution is 5.94. The number of nitrogens with one attached hydrogen (secondary N) is 1. The Hall–Kier alpha value is -2.51. The van der Waals surface area contributed by atoms with Gasteiger partial charge in [-0.15, -0.1) is 0 Å². The predicted molar refractivity (Wildman–Crippen MR) is 108 cm³/mol. The van der Waals surface area contributed by atoms with Gasteiger partial charge < -0.3 is 15.1 Å². The van der Waals surface area contributed by atoms with Crippen molar-refractivity contribution in [1.29, 1.82) is 0 Å². The minimum atomic E-state index is -0.936. The van der Waals surface area contributed by atoms with Gasteiger partial charge in [0.05, 0.1) is 5.56 Å². The van der Waals surface area contributed by atoms with Gasteiger partial charge in [0.1, 0.15) is 11.6 Å². The second-order valence-electron chi connectivity index (χ2n) is 8.32. The van der Waals surface area contributed by atoms with Crippen LogP contribution in [0.3, 0.4) is 0 Å². The number of amides is 3. The van der Waals surface area contributed by atoms with E-state index >= 15 is 0 Å². The molecule has 0 aliphatic carbocycles. The summed E-state index contributed by atoms with van der Waals surface area (Å²) < 4.78 is 26.6. The van der Waals surface area contributed by atoms with Crippen LogP contribution in [-0.2, 0) is 9.59 Å². The molecular weight excluding hydrogens is 392 g/mol. The molecule has 0 spiro atoms. The van der Waals surface area contributed by atoms with Crippen molar-refractivity contribution in [2.75, 3.05) is 32.7 Å². The second kappa shape index (κ2) is 10.00. The Bertz CT molecular complexity index is 794. The van der Waals surface area contributed by atoms with Crippen molar-refractivity contribution in [3.63, 3.8) is 0 Å². The highest BCUT2D eigenvalue weighted by Gasteiger charge is 2.31. The van der Waals surface area contributed by atoms with Crippen LogP contribution in [-0.4, -0.2) is 60.2 Å². The zero-order chi connectivity index (χ0) is 21.7. The minimum absolute atomic E-state index is 0.0273. The standard InChI is InChI=1S/C22H29F2N3O3/c1-15-3-2-10-27(14-15)22(30)16-7-11-26(12-8-16)20(28)6-9-25-21(29)18-5-4-17(23)13-19(18)24/h4-5,13,15-16H,2-3,6-12,14H2,1H3,(H,25,29). The molecule has 0 aromatic heterocycles. The Balaban J connectivity index is 1.40. The van der Waals surface area contributed by atoms with Gasteiger partial charge in [0.25, 0.3) is 5.91 Å². The average molecular weight is 421 g/mol. The zero-order valence-corrected chi connectivity index (χ0v) is 17.3. The third-order valence-electron chi connectivity index (χ3n) is 5.97. The Labute approximate surface area is 175 Å². The lowest BCUT2D eigenvalue weighted by atomic mass is 9.92. The summed E-state index contributed by atoms with van der Waals surface area (Å²) in [5.74, 6) is -1.75. The van der Waals surface area contributed by atoms with E-state index in [4.69, 9.17) is 0 Å². The normalized spacial score (nSPS) is 20.2. The molecule has 8 heteroatoms. The molecule has 6 nitrogen and oxygen atoms in total. The van der Waals surface area contributed by atoms with Crippen LogP contribution in [0, 0.1) is 23.5 Å². The van der Waals surface area contributed by atoms with Gasteiger partial charge in [-0.1, -0.05) is 6.92 Å². The van der Waals surface area contributed by atoms with Crippen LogP contribution in [0.5, 0.6) is 0 Å². The highest BCUT2D eigenvalue weighted by Crippen LogP contribution is 2.24. The molecule has 3 amide bonds. The van der Waals surface area contributed by atoms with Crippen molar-refractivity contribution in [2.45, 2.75) is 39.0 Å². The van der Waals surface area contributed by atoms with Crippen molar-refractivity contribution in [3.05, 3.63) is 35.4 Å². The van der Waals surface area contributed by atoms with Crippen molar-refractivity contribution < 1.29 is 23.2 Å². The van der Waals surface area contributed by atoms with Gasteiger partial charge in [0, 0.05) is 51.1 Å². The van der Waals surface area contributed by atoms with Gasteiger partial charge in [-0.2, -0.15) is 0 Å². The molecule has 2 saturated heterocycles. The van der Waals surface area contributed by atoms with E-state index in [9.17, 15) is 23.2 Å². The van der Waals surface area contributed by atoms with Gasteiger partial charge in [0.2, 0.25) is 11.8 Å². The predicted octanol–water partition coefficient (Wildman–Crippen LogP) is 2.58. The summed E-state index contributed by atoms with van der Waals surface area (Å²) in [6.07, 6.45) is 3.63. The summed E-state index contributed by atoms with van der Waals surface area (Å²) in [5.41, 5.74) is -0.254. The van der Waals surface area contributed by atoms with Crippen LogP contribution >= 0.6 is 0 Å². The average Bonchev–Trinajstić information content (AvgIpc) is 2.73. The molecule has 0 saturated carbocycles. The fourth-order valence-electron chi connectivity index (χ4n) is 4.23. The molecule has 0 radical (unpaired) electrons. The quantitative estimate of drug-likeness (QED) is 0.795. The topological polar surface area (TPSA) is 69.7 Å². The van der Waals surface area contributed by atoms with Gasteiger partial charge in [0.15, 0.2) is 0 Å². The second-order valence-corrected chi connectivity index (χ2v) is 8.32. The molecule has 1 aromatic carbocycles. The SMILES string of the molecule is CC1CCCN(C(=O)C2CCN(C(=O)CCNC(=O)c3ccc(F)cc3F)CC2)C1. The van der Waals surface area contributed by atoms with E-state index in [1.165, 1.54) is 6.42 Å². The minimum Gasteiger partial charge on any atom is -0.351 e. The number of hydrogen-bond donors (Lipinski definition) is 1. The Morgan fingerprint density at radius 3 is 2.47 bits per heavy atom. The van der Waals surface area contributed by atoms with E-state index < -0.39 is 17.5 Å². The summed E-state index contributed by atoms with van der Waals surface area (Å²) in [5, 5.41) is 2.49. The molecular formula is C22H29F2N3O3. The van der Waals surface area contributed by atoms with Crippen LogP contribution in [0.25, 0.3) is 0 Å². The molecule has 1 atom stereocenters. The molecule has 1 unspecified atom stereocenters. The number of rotatable bonds is 5. The number of likely N-dealkylation sites (tertiary alicyclic amines) is 2. The van der Waals surface area contributed by atoms with Gasteiger partial charge in [-0.05, 0) is 43.7 Å². The van der Waals surface area contributed by atoms with Crippen molar-refractivity contribution in [2.24, 2.45) is 11.8 Å². The maximum Gasteiger partial charge on any atom is 0.254 e. The fourth-order valence-corrected chi connectivity index (χ4v) is 4.23. The molecule has 164 valence electrons. The largest absolute Gasteiger partial charge is 0.351 e. The van der Waals surface area contributed by atoms with Crippen LogP contribution < -0.4 is 5.32 Å². The van der Waals surface area contributed by atoms with Crippen LogP contribution in [0.1, 0.15) is 49.4 Å². The summed E-state index contributed by atoms with van der Waals surface area (Å²) in [4.78, 5) is 40.8. The smallest absolute Gasteiger partial charge is 0.254 e. The Morgan fingerprint density at radius 2 is 1.80 bits per heavy atom. The van der Waals surface area contributed by atoms with E-state index in [0.29, 0.717) is 37.9 Å². The van der Waals surface area contributed by atoms with Crippen molar-refractivity contribution in [1.82, 2.24) is 15.1 Å². The monoisotopic (exact) mass is 421 g/mol. The molecule has 30 heavy (non-hydrogen) atoms. The van der Waals surface area contributed by atoms with Crippen LogP contribution in [0.2, 0.25) is 0 Å². The van der Waals surface area contributed by atoms with E-state index in [1.54, 1.807) is 4.90 Å². The van der Waals surface area contributed by atoms with Gasteiger partial charge >= 0.3 is 0 Å². The molecule has 2 heterocycles. The number of halogens is 2. The van der Waals surface area contributed by atoms with Crippen LogP contribution in [0.4, 0.5) is 8.78 Å². The first-order valence-electron chi connectivity index (χ1n) is 10.6. The number of carbonyl (C=O) groups excluding carboxylic acids is 3. The number of hydrogen-bond acceptors (Lipinski definition) is 3. The maximum absolute atomic E-state index is 13.6. The number of benzene rings is 1. The van der Waals surface area contributed by atoms with Crippen LogP contribution in [0.15, 0.2) is 18.2 Å². The van der Waals surface area contributed by atoms with E-state index in [-0.39, 0.29) is 36.3 Å². The third kappa shape index (κ3) is 5.55. The lowest BCUT2D eigenvalue weighted by Gasteiger charge is -2.37. The molecule has 2 aliphatic heterocycles. The summed E-state index contributed by atoms with van der Waals surface area (Å²) >= 11 is 0. The van der Waals surface area contributed by atoms with Crippen molar-refractivity contribution in [3.8, 4) is 0 Å². The Morgan fingerprint density at radius 1 is 1.07 bits per heavy atom. The number of carbonyl (C=O) groups is 3. The molecule has 2 fully saturated rings. The summed E-state index contributed by atoms with van der Waals surface area (Å²) in [6.45, 7) is 4.95. The third-order valence-corrected chi connectivity index (χ3v) is 5.97. The molecule has 1 N–H and O–H groups in total. The van der Waals surface area contributed by atoms with E-state index in [0.717, 1.165) is 31.6 Å². The first-order chi connectivity index (χ1) is 14.3. The fraction of sp³-hybridized carbons (Fsp3) is 0.591. The molecule has 1 aromatic rings. The van der Waals surface area contributed by atoms with Crippen molar-refractivity contribution >= 4 is 17.7 Å². The van der Waals surface area contributed by atoms with E-state index in [1.807, 2.05) is 4.90 Å². The number of piperidine rings is 2. The summed E-state index contributed by atoms with van der Waals surface area (Å²) in [7, 11) is 0. The lowest BCUT2D eigenvalue weighted by Crippen LogP contribution is -2.47. The van der Waals surface area contributed by atoms with E-state index in [2.05, 4.69) is 12.2 Å².